The number of hydrogen-bond acceptors (Lipinski definition) is 5. The van der Waals surface area contributed by atoms with E-state index in [4.69, 9.17) is 0 Å². The molecule has 0 saturated heterocycles. The molecule has 0 aliphatic carbocycles. The molecule has 2 rings (SSSR count). The van der Waals surface area contributed by atoms with Crippen molar-refractivity contribution in [2.45, 2.75) is 20.4 Å². The normalized spacial score (nSPS) is 10.2. The molecule has 0 aromatic carbocycles. The minimum atomic E-state index is -0.116. The van der Waals surface area contributed by atoms with Crippen molar-refractivity contribution < 1.29 is 4.79 Å². The predicted octanol–water partition coefficient (Wildman–Crippen LogP) is 2.21. The Balaban J connectivity index is 1.97. The third kappa shape index (κ3) is 3.75. The molecule has 6 heteroatoms. The van der Waals surface area contributed by atoms with Crippen LogP contribution in [0.1, 0.15) is 28.0 Å². The lowest BCUT2D eigenvalue weighted by molar-refractivity contribution is 0.0951. The standard InChI is InChI=1S/C13H16N4OS/c1-3-14-11-6-10(4-5-15-11)13(18)16-7-12-17-9(2)8-19-12/h4-6,8H,3,7H2,1-2H3,(H,14,15)(H,16,18). The number of aryl methyl sites for hydroxylation is 1. The molecule has 2 aromatic rings. The molecule has 0 aliphatic rings. The zero-order valence-electron chi connectivity index (χ0n) is 10.9. The van der Waals surface area contributed by atoms with E-state index in [1.54, 1.807) is 29.7 Å². The Hall–Kier alpha value is -1.95. The van der Waals surface area contributed by atoms with Crippen LogP contribution in [0.3, 0.4) is 0 Å². The van der Waals surface area contributed by atoms with Crippen LogP contribution in [0.4, 0.5) is 5.82 Å². The molecular weight excluding hydrogens is 260 g/mol. The fourth-order valence-electron chi connectivity index (χ4n) is 1.59. The van der Waals surface area contributed by atoms with Crippen LogP contribution < -0.4 is 10.6 Å². The highest BCUT2D eigenvalue weighted by atomic mass is 32.1. The van der Waals surface area contributed by atoms with E-state index in [0.29, 0.717) is 17.9 Å². The Bertz CT molecular complexity index is 567. The first-order valence-electron chi connectivity index (χ1n) is 6.08. The second kappa shape index (κ2) is 6.29. The van der Waals surface area contributed by atoms with Gasteiger partial charge < -0.3 is 10.6 Å². The number of pyridine rings is 1. The van der Waals surface area contributed by atoms with Gasteiger partial charge in [0.05, 0.1) is 6.54 Å². The number of carbonyl (C=O) groups is 1. The average Bonchev–Trinajstić information content (AvgIpc) is 2.82. The zero-order chi connectivity index (χ0) is 13.7. The second-order valence-corrected chi connectivity index (χ2v) is 4.97. The molecule has 19 heavy (non-hydrogen) atoms. The van der Waals surface area contributed by atoms with Crippen LogP contribution in [0.5, 0.6) is 0 Å². The number of thiazole rings is 1. The van der Waals surface area contributed by atoms with Crippen molar-refractivity contribution in [3.63, 3.8) is 0 Å². The summed E-state index contributed by atoms with van der Waals surface area (Å²) in [6.07, 6.45) is 1.63. The summed E-state index contributed by atoms with van der Waals surface area (Å²) in [5.41, 5.74) is 1.58. The van der Waals surface area contributed by atoms with E-state index in [-0.39, 0.29) is 5.91 Å². The molecule has 0 unspecified atom stereocenters. The summed E-state index contributed by atoms with van der Waals surface area (Å²) in [5.74, 6) is 0.592. The van der Waals surface area contributed by atoms with Gasteiger partial charge in [0.2, 0.25) is 0 Å². The van der Waals surface area contributed by atoms with Crippen LogP contribution in [-0.2, 0) is 6.54 Å². The highest BCUT2D eigenvalue weighted by molar-refractivity contribution is 7.09. The summed E-state index contributed by atoms with van der Waals surface area (Å²) in [7, 11) is 0. The van der Waals surface area contributed by atoms with Crippen molar-refractivity contribution in [1.29, 1.82) is 0 Å². The van der Waals surface area contributed by atoms with Crippen LogP contribution in [0.2, 0.25) is 0 Å². The van der Waals surface area contributed by atoms with Crippen molar-refractivity contribution in [2.24, 2.45) is 0 Å². The van der Waals surface area contributed by atoms with E-state index in [1.165, 1.54) is 0 Å². The summed E-state index contributed by atoms with van der Waals surface area (Å²) >= 11 is 1.55. The van der Waals surface area contributed by atoms with Gasteiger partial charge in [-0.1, -0.05) is 0 Å². The van der Waals surface area contributed by atoms with Gasteiger partial charge in [-0.2, -0.15) is 0 Å². The molecule has 0 spiro atoms. The van der Waals surface area contributed by atoms with Crippen molar-refractivity contribution >= 4 is 23.1 Å². The molecule has 0 radical (unpaired) electrons. The maximum absolute atomic E-state index is 12.0. The van der Waals surface area contributed by atoms with E-state index in [1.807, 2.05) is 19.2 Å². The van der Waals surface area contributed by atoms with Gasteiger partial charge in [0.15, 0.2) is 0 Å². The predicted molar refractivity (Wildman–Crippen MR) is 76.4 cm³/mol. The fraction of sp³-hybridized carbons (Fsp3) is 0.308. The SMILES string of the molecule is CCNc1cc(C(=O)NCc2nc(C)cs2)ccn1. The van der Waals surface area contributed by atoms with Gasteiger partial charge in [-0.15, -0.1) is 11.3 Å². The summed E-state index contributed by atoms with van der Waals surface area (Å²) < 4.78 is 0. The van der Waals surface area contributed by atoms with Crippen LogP contribution in [0.15, 0.2) is 23.7 Å². The second-order valence-electron chi connectivity index (χ2n) is 4.03. The molecule has 0 aliphatic heterocycles. The summed E-state index contributed by atoms with van der Waals surface area (Å²) in [4.78, 5) is 20.4. The fourth-order valence-corrected chi connectivity index (χ4v) is 2.30. The molecule has 0 saturated carbocycles. The minimum absolute atomic E-state index is 0.116. The van der Waals surface area contributed by atoms with Crippen molar-refractivity contribution in [3.8, 4) is 0 Å². The molecule has 0 bridgehead atoms. The quantitative estimate of drug-likeness (QED) is 0.878. The maximum Gasteiger partial charge on any atom is 0.251 e. The van der Waals surface area contributed by atoms with Gasteiger partial charge >= 0.3 is 0 Å². The molecule has 1 amide bonds. The zero-order valence-corrected chi connectivity index (χ0v) is 11.8. The number of aromatic nitrogens is 2. The minimum Gasteiger partial charge on any atom is -0.370 e. The van der Waals surface area contributed by atoms with Crippen LogP contribution in [0, 0.1) is 6.92 Å². The molecule has 0 fully saturated rings. The summed E-state index contributed by atoms with van der Waals surface area (Å²) in [6, 6.07) is 3.44. The lowest BCUT2D eigenvalue weighted by atomic mass is 10.2. The van der Waals surface area contributed by atoms with E-state index in [2.05, 4.69) is 20.6 Å². The van der Waals surface area contributed by atoms with Gasteiger partial charge in [0.1, 0.15) is 10.8 Å². The number of nitrogens with zero attached hydrogens (tertiary/aromatic N) is 2. The van der Waals surface area contributed by atoms with Crippen LogP contribution >= 0.6 is 11.3 Å². The van der Waals surface area contributed by atoms with Crippen molar-refractivity contribution in [2.75, 3.05) is 11.9 Å². The highest BCUT2D eigenvalue weighted by Gasteiger charge is 2.07. The summed E-state index contributed by atoms with van der Waals surface area (Å²) in [6.45, 7) is 5.15. The first kappa shape index (κ1) is 13.5. The lowest BCUT2D eigenvalue weighted by Crippen LogP contribution is -2.23. The number of amides is 1. The largest absolute Gasteiger partial charge is 0.370 e. The smallest absolute Gasteiger partial charge is 0.251 e. The number of carbonyl (C=O) groups excluding carboxylic acids is 1. The van der Waals surface area contributed by atoms with Crippen molar-refractivity contribution in [3.05, 3.63) is 40.0 Å². The molecule has 2 N–H and O–H groups in total. The van der Waals surface area contributed by atoms with Gasteiger partial charge in [-0.05, 0) is 26.0 Å². The third-order valence-corrected chi connectivity index (χ3v) is 3.41. The highest BCUT2D eigenvalue weighted by Crippen LogP contribution is 2.09. The van der Waals surface area contributed by atoms with Crippen molar-refractivity contribution in [1.82, 2.24) is 15.3 Å². The topological polar surface area (TPSA) is 66.9 Å². The molecule has 100 valence electrons. The number of hydrogen-bond donors (Lipinski definition) is 2. The maximum atomic E-state index is 12.0. The first-order valence-corrected chi connectivity index (χ1v) is 6.96. The van der Waals surface area contributed by atoms with Crippen LogP contribution in [0.25, 0.3) is 0 Å². The van der Waals surface area contributed by atoms with E-state index in [0.717, 1.165) is 17.2 Å². The third-order valence-electron chi connectivity index (χ3n) is 2.45. The Labute approximate surface area is 116 Å². The number of rotatable bonds is 5. The number of nitrogens with one attached hydrogen (secondary N) is 2. The monoisotopic (exact) mass is 276 g/mol. The Morgan fingerprint density at radius 2 is 2.32 bits per heavy atom. The summed E-state index contributed by atoms with van der Waals surface area (Å²) in [5, 5.41) is 8.81. The van der Waals surface area contributed by atoms with Gasteiger partial charge in [-0.3, -0.25) is 4.79 Å². The van der Waals surface area contributed by atoms with E-state index in [9.17, 15) is 4.79 Å². The van der Waals surface area contributed by atoms with Crippen LogP contribution in [-0.4, -0.2) is 22.4 Å². The molecular formula is C13H16N4OS. The first-order chi connectivity index (χ1) is 9.19. The van der Waals surface area contributed by atoms with Gasteiger partial charge in [0.25, 0.3) is 5.91 Å². The Morgan fingerprint density at radius 3 is 3.00 bits per heavy atom. The average molecular weight is 276 g/mol. The van der Waals surface area contributed by atoms with E-state index >= 15 is 0 Å². The number of anilines is 1. The molecule has 2 aromatic heterocycles. The molecule has 0 atom stereocenters. The Kier molecular flexibility index (Phi) is 4.46. The van der Waals surface area contributed by atoms with Gasteiger partial charge in [0, 0.05) is 29.4 Å². The Morgan fingerprint density at radius 1 is 1.47 bits per heavy atom. The lowest BCUT2D eigenvalue weighted by Gasteiger charge is -2.06. The van der Waals surface area contributed by atoms with Gasteiger partial charge in [-0.25, -0.2) is 9.97 Å². The molecule has 5 nitrogen and oxygen atoms in total. The van der Waals surface area contributed by atoms with E-state index < -0.39 is 0 Å². The molecule has 2 heterocycles.